The Labute approximate surface area is 322 Å². The summed E-state index contributed by atoms with van der Waals surface area (Å²) >= 11 is 0. The molecule has 55 heavy (non-hydrogen) atoms. The van der Waals surface area contributed by atoms with Gasteiger partial charge in [-0.1, -0.05) is 176 Å². The van der Waals surface area contributed by atoms with Crippen molar-refractivity contribution in [2.45, 2.75) is 0 Å². The SMILES string of the molecule is c1ccc(-c2ccc(N(c3cccc(-c4cccc5cccc(-c6ccccc6)c45)c3)c3ccc4cc(-c5ccc6ccccc6c5)ccc4c3)cc2)cc1. The van der Waals surface area contributed by atoms with Crippen molar-refractivity contribution in [2.24, 2.45) is 0 Å². The zero-order valence-electron chi connectivity index (χ0n) is 30.3. The van der Waals surface area contributed by atoms with Crippen molar-refractivity contribution >= 4 is 49.4 Å². The van der Waals surface area contributed by atoms with E-state index in [9.17, 15) is 0 Å². The second-order valence-corrected chi connectivity index (χ2v) is 14.2. The topological polar surface area (TPSA) is 3.24 Å². The summed E-state index contributed by atoms with van der Waals surface area (Å²) in [6, 6.07) is 81.5. The molecule has 0 amide bonds. The Balaban J connectivity index is 1.09. The highest BCUT2D eigenvalue weighted by atomic mass is 15.1. The number of rotatable bonds is 7. The number of fused-ring (bicyclic) bond motifs is 3. The van der Waals surface area contributed by atoms with E-state index in [1.165, 1.54) is 76.8 Å². The van der Waals surface area contributed by atoms with Crippen molar-refractivity contribution in [2.75, 3.05) is 4.90 Å². The predicted octanol–water partition coefficient (Wildman–Crippen LogP) is 15.3. The second-order valence-electron chi connectivity index (χ2n) is 14.2. The van der Waals surface area contributed by atoms with Gasteiger partial charge in [-0.15, -0.1) is 0 Å². The van der Waals surface area contributed by atoms with Crippen molar-refractivity contribution in [3.05, 3.63) is 224 Å². The molecule has 0 aliphatic rings. The van der Waals surface area contributed by atoms with Crippen LogP contribution in [0.2, 0.25) is 0 Å². The lowest BCUT2D eigenvalue weighted by Gasteiger charge is -2.27. The number of benzene rings is 10. The van der Waals surface area contributed by atoms with Gasteiger partial charge in [-0.25, -0.2) is 0 Å². The van der Waals surface area contributed by atoms with Crippen LogP contribution in [0, 0.1) is 0 Å². The Bertz CT molecular complexity index is 2960. The smallest absolute Gasteiger partial charge is 0.0468 e. The normalized spacial score (nSPS) is 11.3. The molecule has 0 bridgehead atoms. The maximum absolute atomic E-state index is 2.39. The average Bonchev–Trinajstić information content (AvgIpc) is 3.26. The van der Waals surface area contributed by atoms with Crippen LogP contribution in [0.5, 0.6) is 0 Å². The summed E-state index contributed by atoms with van der Waals surface area (Å²) in [6.07, 6.45) is 0. The summed E-state index contributed by atoms with van der Waals surface area (Å²) < 4.78 is 0. The lowest BCUT2D eigenvalue weighted by atomic mass is 9.91. The van der Waals surface area contributed by atoms with E-state index in [1.54, 1.807) is 0 Å². The third-order valence-corrected chi connectivity index (χ3v) is 10.8. The monoisotopic (exact) mass is 699 g/mol. The molecule has 0 saturated heterocycles. The average molecular weight is 700 g/mol. The van der Waals surface area contributed by atoms with Gasteiger partial charge < -0.3 is 4.90 Å². The fraction of sp³-hybridized carbons (Fsp3) is 0. The molecule has 10 rings (SSSR count). The van der Waals surface area contributed by atoms with Gasteiger partial charge in [0, 0.05) is 17.1 Å². The van der Waals surface area contributed by atoms with Crippen LogP contribution in [-0.4, -0.2) is 0 Å². The summed E-state index contributed by atoms with van der Waals surface area (Å²) in [5.41, 5.74) is 13.0. The highest BCUT2D eigenvalue weighted by Gasteiger charge is 2.17. The summed E-state index contributed by atoms with van der Waals surface area (Å²) in [4.78, 5) is 2.39. The molecule has 10 aromatic carbocycles. The quantitative estimate of drug-likeness (QED) is 0.160. The van der Waals surface area contributed by atoms with Crippen LogP contribution < -0.4 is 4.90 Å². The van der Waals surface area contributed by atoms with Gasteiger partial charge in [-0.2, -0.15) is 0 Å². The van der Waals surface area contributed by atoms with Crippen LogP contribution in [-0.2, 0) is 0 Å². The Morgan fingerprint density at radius 1 is 0.218 bits per heavy atom. The summed E-state index contributed by atoms with van der Waals surface area (Å²) in [5.74, 6) is 0. The van der Waals surface area contributed by atoms with Crippen LogP contribution in [0.3, 0.4) is 0 Å². The molecular formula is C54H37N. The molecule has 258 valence electrons. The van der Waals surface area contributed by atoms with E-state index in [4.69, 9.17) is 0 Å². The number of hydrogen-bond donors (Lipinski definition) is 0. The fourth-order valence-corrected chi connectivity index (χ4v) is 8.05. The van der Waals surface area contributed by atoms with Crippen molar-refractivity contribution in [1.82, 2.24) is 0 Å². The van der Waals surface area contributed by atoms with Crippen LogP contribution in [0.15, 0.2) is 224 Å². The molecule has 1 nitrogen and oxygen atoms in total. The fourth-order valence-electron chi connectivity index (χ4n) is 8.05. The first-order chi connectivity index (χ1) is 27.2. The minimum Gasteiger partial charge on any atom is -0.310 e. The van der Waals surface area contributed by atoms with E-state index < -0.39 is 0 Å². The second kappa shape index (κ2) is 14.0. The first-order valence-electron chi connectivity index (χ1n) is 18.9. The van der Waals surface area contributed by atoms with Gasteiger partial charge in [0.1, 0.15) is 0 Å². The molecule has 0 heterocycles. The number of nitrogens with zero attached hydrogens (tertiary/aromatic N) is 1. The molecule has 0 N–H and O–H groups in total. The van der Waals surface area contributed by atoms with Crippen molar-refractivity contribution in [3.8, 4) is 44.5 Å². The maximum atomic E-state index is 2.39. The third kappa shape index (κ3) is 6.22. The summed E-state index contributed by atoms with van der Waals surface area (Å²) in [7, 11) is 0. The van der Waals surface area contributed by atoms with E-state index in [0.29, 0.717) is 0 Å². The van der Waals surface area contributed by atoms with Crippen molar-refractivity contribution < 1.29 is 0 Å². The first kappa shape index (κ1) is 32.4. The third-order valence-electron chi connectivity index (χ3n) is 10.8. The standard InChI is InChI=1S/C54H37N/c1-3-12-38(13-4-1)40-28-31-49(32-29-40)55(51-33-30-46-35-45(26-27-47(46)36-51)44-25-24-39-14-7-8-17-43(39)34-44)50-21-9-20-48(37-50)53-23-11-19-42-18-10-22-52(54(42)53)41-15-5-2-6-16-41/h1-37H. The zero-order valence-corrected chi connectivity index (χ0v) is 30.3. The van der Waals surface area contributed by atoms with Gasteiger partial charge >= 0.3 is 0 Å². The molecule has 0 unspecified atom stereocenters. The Hall–Kier alpha value is -7.22. The molecule has 0 spiro atoms. The summed E-state index contributed by atoms with van der Waals surface area (Å²) in [6.45, 7) is 0. The molecule has 0 fully saturated rings. The van der Waals surface area contributed by atoms with Crippen molar-refractivity contribution in [3.63, 3.8) is 0 Å². The number of anilines is 3. The van der Waals surface area contributed by atoms with E-state index >= 15 is 0 Å². The predicted molar refractivity (Wildman–Crippen MR) is 235 cm³/mol. The molecule has 0 aliphatic carbocycles. The Kier molecular flexibility index (Phi) is 8.24. The molecule has 0 aliphatic heterocycles. The lowest BCUT2D eigenvalue weighted by Crippen LogP contribution is -2.10. The van der Waals surface area contributed by atoms with E-state index in [1.807, 2.05) is 0 Å². The minimum atomic E-state index is 1.10. The van der Waals surface area contributed by atoms with Crippen molar-refractivity contribution in [1.29, 1.82) is 0 Å². The van der Waals surface area contributed by atoms with E-state index in [0.717, 1.165) is 17.1 Å². The molecule has 10 aromatic rings. The highest BCUT2D eigenvalue weighted by Crippen LogP contribution is 2.42. The number of hydrogen-bond acceptors (Lipinski definition) is 1. The Morgan fingerprint density at radius 2 is 0.673 bits per heavy atom. The van der Waals surface area contributed by atoms with Gasteiger partial charge in [0.15, 0.2) is 0 Å². The van der Waals surface area contributed by atoms with Gasteiger partial charge in [-0.05, 0) is 125 Å². The molecule has 0 saturated carbocycles. The minimum absolute atomic E-state index is 1.10. The van der Waals surface area contributed by atoms with E-state index in [2.05, 4.69) is 229 Å². The van der Waals surface area contributed by atoms with Crippen LogP contribution in [0.25, 0.3) is 76.8 Å². The molecule has 0 atom stereocenters. The molecule has 0 radical (unpaired) electrons. The first-order valence-corrected chi connectivity index (χ1v) is 18.9. The van der Waals surface area contributed by atoms with Gasteiger partial charge in [-0.3, -0.25) is 0 Å². The lowest BCUT2D eigenvalue weighted by molar-refractivity contribution is 1.29. The Morgan fingerprint density at radius 3 is 1.40 bits per heavy atom. The van der Waals surface area contributed by atoms with E-state index in [-0.39, 0.29) is 0 Å². The largest absolute Gasteiger partial charge is 0.310 e. The van der Waals surface area contributed by atoms with Crippen LogP contribution >= 0.6 is 0 Å². The maximum Gasteiger partial charge on any atom is 0.0468 e. The zero-order chi connectivity index (χ0) is 36.6. The van der Waals surface area contributed by atoms with Gasteiger partial charge in [0.05, 0.1) is 0 Å². The molecule has 0 aromatic heterocycles. The van der Waals surface area contributed by atoms with Gasteiger partial charge in [0.2, 0.25) is 0 Å². The van der Waals surface area contributed by atoms with Crippen LogP contribution in [0.4, 0.5) is 17.1 Å². The van der Waals surface area contributed by atoms with Crippen LogP contribution in [0.1, 0.15) is 0 Å². The summed E-state index contributed by atoms with van der Waals surface area (Å²) in [5, 5.41) is 7.42. The molecule has 1 heteroatoms. The molecular weight excluding hydrogens is 663 g/mol. The van der Waals surface area contributed by atoms with Gasteiger partial charge in [0.25, 0.3) is 0 Å². The highest BCUT2D eigenvalue weighted by molar-refractivity contribution is 6.07.